The number of amides is 1. The molecule has 94 valence electrons. The van der Waals surface area contributed by atoms with Crippen molar-refractivity contribution in [1.29, 1.82) is 0 Å². The van der Waals surface area contributed by atoms with Crippen LogP contribution < -0.4 is 11.3 Å². The van der Waals surface area contributed by atoms with Gasteiger partial charge in [-0.2, -0.15) is 11.8 Å². The van der Waals surface area contributed by atoms with Gasteiger partial charge in [0.25, 0.3) is 0 Å². The van der Waals surface area contributed by atoms with E-state index in [2.05, 4.69) is 42.9 Å². The highest BCUT2D eigenvalue weighted by Crippen LogP contribution is 2.26. The van der Waals surface area contributed by atoms with Crippen molar-refractivity contribution in [2.45, 2.75) is 50.2 Å². The van der Waals surface area contributed by atoms with Crippen molar-refractivity contribution in [1.82, 2.24) is 10.3 Å². The van der Waals surface area contributed by atoms with Gasteiger partial charge >= 0.3 is 0 Å². The summed E-state index contributed by atoms with van der Waals surface area (Å²) in [5.41, 5.74) is 2.18. The molecule has 0 aliphatic carbocycles. The molecule has 3 N–H and O–H groups in total. The van der Waals surface area contributed by atoms with Crippen molar-refractivity contribution in [3.8, 4) is 0 Å². The molecule has 0 aromatic heterocycles. The number of carbonyl (C=O) groups is 1. The Morgan fingerprint density at radius 2 is 2.06 bits per heavy atom. The van der Waals surface area contributed by atoms with Gasteiger partial charge in [0.05, 0.1) is 0 Å². The quantitative estimate of drug-likeness (QED) is 0.440. The molecule has 1 rings (SSSR count). The maximum atomic E-state index is 11.1. The van der Waals surface area contributed by atoms with Crippen molar-refractivity contribution in [3.05, 3.63) is 0 Å². The van der Waals surface area contributed by atoms with Crippen LogP contribution >= 0.6 is 11.8 Å². The SMILES string of the molecule is CC1CN(C(C)CCC(=O)NN)CC(C)S1. The molecule has 3 atom stereocenters. The van der Waals surface area contributed by atoms with Crippen molar-refractivity contribution >= 4 is 17.7 Å². The predicted molar refractivity (Wildman–Crippen MR) is 69.1 cm³/mol. The summed E-state index contributed by atoms with van der Waals surface area (Å²) in [5, 5.41) is 1.38. The lowest BCUT2D eigenvalue weighted by molar-refractivity contribution is -0.121. The molecule has 1 fully saturated rings. The first-order chi connectivity index (χ1) is 7.52. The van der Waals surface area contributed by atoms with E-state index in [1.54, 1.807) is 0 Å². The van der Waals surface area contributed by atoms with E-state index < -0.39 is 0 Å². The average molecular weight is 245 g/mol. The van der Waals surface area contributed by atoms with Gasteiger partial charge in [-0.3, -0.25) is 15.1 Å². The molecule has 4 nitrogen and oxygen atoms in total. The Morgan fingerprint density at radius 1 is 1.50 bits per heavy atom. The Balaban J connectivity index is 2.35. The molecule has 0 aromatic rings. The van der Waals surface area contributed by atoms with Gasteiger partial charge in [0.2, 0.25) is 5.91 Å². The Morgan fingerprint density at radius 3 is 2.56 bits per heavy atom. The fourth-order valence-corrected chi connectivity index (χ4v) is 3.52. The van der Waals surface area contributed by atoms with E-state index >= 15 is 0 Å². The maximum Gasteiger partial charge on any atom is 0.233 e. The number of carbonyl (C=O) groups excluding carboxylic acids is 1. The van der Waals surface area contributed by atoms with Crippen LogP contribution in [-0.2, 0) is 4.79 Å². The zero-order chi connectivity index (χ0) is 12.1. The summed E-state index contributed by atoms with van der Waals surface area (Å²) >= 11 is 2.05. The lowest BCUT2D eigenvalue weighted by Gasteiger charge is -2.38. The monoisotopic (exact) mass is 245 g/mol. The van der Waals surface area contributed by atoms with Gasteiger partial charge in [-0.25, -0.2) is 5.84 Å². The summed E-state index contributed by atoms with van der Waals surface area (Å²) in [6.45, 7) is 8.99. The molecule has 0 aromatic carbocycles. The van der Waals surface area contributed by atoms with Gasteiger partial charge in [0.15, 0.2) is 0 Å². The highest BCUT2D eigenvalue weighted by molar-refractivity contribution is 8.00. The van der Waals surface area contributed by atoms with Crippen molar-refractivity contribution in [3.63, 3.8) is 0 Å². The minimum Gasteiger partial charge on any atom is -0.298 e. The minimum absolute atomic E-state index is 0.0701. The first-order valence-corrected chi connectivity index (χ1v) is 6.86. The van der Waals surface area contributed by atoms with E-state index in [-0.39, 0.29) is 5.91 Å². The summed E-state index contributed by atoms with van der Waals surface area (Å²) in [6, 6.07) is 0.461. The number of hydrazine groups is 1. The number of hydrogen-bond acceptors (Lipinski definition) is 4. The van der Waals surface area contributed by atoms with E-state index in [1.165, 1.54) is 0 Å². The molecule has 0 bridgehead atoms. The average Bonchev–Trinajstić information content (AvgIpc) is 2.23. The van der Waals surface area contributed by atoms with Crippen LogP contribution in [0.2, 0.25) is 0 Å². The fraction of sp³-hybridized carbons (Fsp3) is 0.909. The number of nitrogens with two attached hydrogens (primary N) is 1. The van der Waals surface area contributed by atoms with E-state index in [0.717, 1.165) is 19.5 Å². The van der Waals surface area contributed by atoms with Gasteiger partial charge in [-0.15, -0.1) is 0 Å². The van der Waals surface area contributed by atoms with Gasteiger partial charge in [-0.1, -0.05) is 13.8 Å². The van der Waals surface area contributed by atoms with Crippen LogP contribution in [0.1, 0.15) is 33.6 Å². The smallest absolute Gasteiger partial charge is 0.233 e. The summed E-state index contributed by atoms with van der Waals surface area (Å²) in [5.74, 6) is 4.99. The van der Waals surface area contributed by atoms with Crippen LogP contribution in [0.3, 0.4) is 0 Å². The molecule has 16 heavy (non-hydrogen) atoms. The van der Waals surface area contributed by atoms with Gasteiger partial charge in [0.1, 0.15) is 0 Å². The fourth-order valence-electron chi connectivity index (χ4n) is 2.17. The Kier molecular flexibility index (Phi) is 5.58. The molecule has 0 spiro atoms. The maximum absolute atomic E-state index is 11.1. The third-order valence-electron chi connectivity index (χ3n) is 3.02. The molecule has 3 unspecified atom stereocenters. The molecule has 1 aliphatic heterocycles. The molecule has 1 heterocycles. The van der Waals surface area contributed by atoms with Crippen LogP contribution in [-0.4, -0.2) is 40.4 Å². The number of nitrogens with one attached hydrogen (secondary N) is 1. The third kappa shape index (κ3) is 4.31. The van der Waals surface area contributed by atoms with Gasteiger partial charge < -0.3 is 0 Å². The van der Waals surface area contributed by atoms with E-state index in [9.17, 15) is 4.79 Å². The number of thioether (sulfide) groups is 1. The van der Waals surface area contributed by atoms with E-state index in [0.29, 0.717) is 23.0 Å². The van der Waals surface area contributed by atoms with Crippen LogP contribution in [0.4, 0.5) is 0 Å². The molecule has 0 radical (unpaired) electrons. The lowest BCUT2D eigenvalue weighted by atomic mass is 10.1. The zero-order valence-electron chi connectivity index (χ0n) is 10.4. The number of hydrogen-bond donors (Lipinski definition) is 2. The molecule has 1 aliphatic rings. The first-order valence-electron chi connectivity index (χ1n) is 5.92. The largest absolute Gasteiger partial charge is 0.298 e. The molecule has 0 saturated carbocycles. The Bertz CT molecular complexity index is 227. The van der Waals surface area contributed by atoms with Crippen LogP contribution in [0, 0.1) is 0 Å². The highest BCUT2D eigenvalue weighted by Gasteiger charge is 2.25. The standard InChI is InChI=1S/C11H23N3OS/c1-8(4-5-11(15)13-12)14-6-9(2)16-10(3)7-14/h8-10H,4-7,12H2,1-3H3,(H,13,15). The molecular weight excluding hydrogens is 222 g/mol. The molecule has 5 heteroatoms. The van der Waals surface area contributed by atoms with Crippen molar-refractivity contribution < 1.29 is 4.79 Å². The second-order valence-electron chi connectivity index (χ2n) is 4.67. The Hall–Kier alpha value is -0.260. The summed E-state index contributed by atoms with van der Waals surface area (Å²) < 4.78 is 0. The topological polar surface area (TPSA) is 58.4 Å². The highest BCUT2D eigenvalue weighted by atomic mass is 32.2. The van der Waals surface area contributed by atoms with E-state index in [4.69, 9.17) is 5.84 Å². The third-order valence-corrected chi connectivity index (χ3v) is 4.25. The van der Waals surface area contributed by atoms with E-state index in [1.807, 2.05) is 0 Å². The van der Waals surface area contributed by atoms with Gasteiger partial charge in [0, 0.05) is 36.1 Å². The zero-order valence-corrected chi connectivity index (χ0v) is 11.2. The summed E-state index contributed by atoms with van der Waals surface area (Å²) in [7, 11) is 0. The predicted octanol–water partition coefficient (Wildman–Crippen LogP) is 0.971. The molecule has 1 amide bonds. The summed E-state index contributed by atoms with van der Waals surface area (Å²) in [6.07, 6.45) is 1.40. The minimum atomic E-state index is -0.0701. The van der Waals surface area contributed by atoms with Crippen LogP contribution in [0.15, 0.2) is 0 Å². The second kappa shape index (κ2) is 6.47. The first kappa shape index (κ1) is 13.8. The number of rotatable bonds is 4. The van der Waals surface area contributed by atoms with Crippen LogP contribution in [0.5, 0.6) is 0 Å². The summed E-state index contributed by atoms with van der Waals surface area (Å²) in [4.78, 5) is 13.6. The second-order valence-corrected chi connectivity index (χ2v) is 6.55. The number of nitrogens with zero attached hydrogens (tertiary/aromatic N) is 1. The Labute approximate surface area is 102 Å². The van der Waals surface area contributed by atoms with Crippen LogP contribution in [0.25, 0.3) is 0 Å². The lowest BCUT2D eigenvalue weighted by Crippen LogP contribution is -2.45. The normalized spacial score (nSPS) is 28.8. The van der Waals surface area contributed by atoms with Gasteiger partial charge in [-0.05, 0) is 13.3 Å². The van der Waals surface area contributed by atoms with Crippen molar-refractivity contribution in [2.75, 3.05) is 13.1 Å². The molecular formula is C11H23N3OS. The molecule has 1 saturated heterocycles. The van der Waals surface area contributed by atoms with Crippen molar-refractivity contribution in [2.24, 2.45) is 5.84 Å².